The largest absolute Gasteiger partial charge is 0.387 e. The van der Waals surface area contributed by atoms with Crippen LogP contribution in [-0.4, -0.2) is 35.2 Å². The van der Waals surface area contributed by atoms with E-state index >= 15 is 0 Å². The standard InChI is InChI=1S/C15H24N2O2S/c1-11(13(16)12-7-5-4-6-8-12)14(18)17-9-15(2,19)10-20-3/h4-8,11,13,19H,9-10,16H2,1-3H3,(H,17,18). The number of benzene rings is 1. The molecule has 0 bridgehead atoms. The van der Waals surface area contributed by atoms with E-state index in [0.717, 1.165) is 5.56 Å². The predicted molar refractivity (Wildman–Crippen MR) is 84.5 cm³/mol. The summed E-state index contributed by atoms with van der Waals surface area (Å²) in [7, 11) is 0. The Morgan fingerprint density at radius 1 is 1.45 bits per heavy atom. The van der Waals surface area contributed by atoms with Crippen molar-refractivity contribution < 1.29 is 9.90 Å². The summed E-state index contributed by atoms with van der Waals surface area (Å²) in [4.78, 5) is 12.1. The highest BCUT2D eigenvalue weighted by atomic mass is 32.2. The minimum Gasteiger partial charge on any atom is -0.387 e. The molecule has 112 valence electrons. The van der Waals surface area contributed by atoms with Crippen LogP contribution in [0.15, 0.2) is 30.3 Å². The first-order valence-electron chi connectivity index (χ1n) is 6.67. The van der Waals surface area contributed by atoms with E-state index in [4.69, 9.17) is 5.73 Å². The molecule has 4 N–H and O–H groups in total. The van der Waals surface area contributed by atoms with Crippen LogP contribution < -0.4 is 11.1 Å². The fourth-order valence-corrected chi connectivity index (χ4v) is 2.65. The minimum atomic E-state index is -0.897. The van der Waals surface area contributed by atoms with E-state index in [1.54, 1.807) is 25.6 Å². The molecule has 0 saturated heterocycles. The zero-order valence-corrected chi connectivity index (χ0v) is 13.1. The molecule has 3 unspecified atom stereocenters. The molecule has 0 spiro atoms. The topological polar surface area (TPSA) is 75.3 Å². The van der Waals surface area contributed by atoms with Crippen molar-refractivity contribution >= 4 is 17.7 Å². The Balaban J connectivity index is 2.55. The maximum atomic E-state index is 12.1. The number of amides is 1. The Labute approximate surface area is 125 Å². The van der Waals surface area contributed by atoms with Crippen LogP contribution >= 0.6 is 11.8 Å². The van der Waals surface area contributed by atoms with Crippen LogP contribution in [0, 0.1) is 5.92 Å². The monoisotopic (exact) mass is 296 g/mol. The van der Waals surface area contributed by atoms with Gasteiger partial charge in [-0.25, -0.2) is 0 Å². The summed E-state index contributed by atoms with van der Waals surface area (Å²) in [5, 5.41) is 12.8. The molecule has 0 radical (unpaired) electrons. The van der Waals surface area contributed by atoms with Crippen molar-refractivity contribution in [2.45, 2.75) is 25.5 Å². The first-order chi connectivity index (χ1) is 9.37. The SMILES string of the molecule is CSCC(C)(O)CNC(=O)C(C)C(N)c1ccccc1. The third kappa shape index (κ3) is 5.15. The van der Waals surface area contributed by atoms with Crippen LogP contribution in [-0.2, 0) is 4.79 Å². The van der Waals surface area contributed by atoms with Crippen molar-refractivity contribution in [3.05, 3.63) is 35.9 Å². The summed E-state index contributed by atoms with van der Waals surface area (Å²) >= 11 is 1.55. The van der Waals surface area contributed by atoms with E-state index < -0.39 is 5.60 Å². The van der Waals surface area contributed by atoms with Gasteiger partial charge in [-0.15, -0.1) is 0 Å². The second kappa shape index (κ2) is 7.67. The van der Waals surface area contributed by atoms with Crippen molar-refractivity contribution in [2.24, 2.45) is 11.7 Å². The quantitative estimate of drug-likeness (QED) is 0.713. The van der Waals surface area contributed by atoms with Crippen molar-refractivity contribution in [2.75, 3.05) is 18.6 Å². The normalized spacial score (nSPS) is 17.1. The van der Waals surface area contributed by atoms with Crippen molar-refractivity contribution in [1.82, 2.24) is 5.32 Å². The van der Waals surface area contributed by atoms with Crippen molar-refractivity contribution in [3.63, 3.8) is 0 Å². The molecule has 20 heavy (non-hydrogen) atoms. The molecule has 1 aromatic carbocycles. The summed E-state index contributed by atoms with van der Waals surface area (Å²) in [5.74, 6) is 0.0945. The number of nitrogens with one attached hydrogen (secondary N) is 1. The number of nitrogens with two attached hydrogens (primary N) is 1. The van der Waals surface area contributed by atoms with Crippen molar-refractivity contribution in [3.8, 4) is 0 Å². The molecule has 0 aliphatic carbocycles. The van der Waals surface area contributed by atoms with Crippen LogP contribution in [0.25, 0.3) is 0 Å². The smallest absolute Gasteiger partial charge is 0.224 e. The summed E-state index contributed by atoms with van der Waals surface area (Å²) in [5.41, 5.74) is 6.15. The lowest BCUT2D eigenvalue weighted by Crippen LogP contribution is -2.45. The molecule has 0 fully saturated rings. The van der Waals surface area contributed by atoms with Gasteiger partial charge in [-0.3, -0.25) is 4.79 Å². The molecule has 1 rings (SSSR count). The van der Waals surface area contributed by atoms with Gasteiger partial charge in [-0.2, -0.15) is 11.8 Å². The maximum Gasteiger partial charge on any atom is 0.224 e. The van der Waals surface area contributed by atoms with Crippen LogP contribution in [0.1, 0.15) is 25.5 Å². The van der Waals surface area contributed by atoms with Gasteiger partial charge in [0.05, 0.1) is 11.5 Å². The number of carbonyl (C=O) groups is 1. The van der Waals surface area contributed by atoms with Gasteiger partial charge >= 0.3 is 0 Å². The molecule has 0 aliphatic rings. The molecular formula is C15H24N2O2S. The first kappa shape index (κ1) is 17.0. The van der Waals surface area contributed by atoms with Crippen LogP contribution in [0.3, 0.4) is 0 Å². The van der Waals surface area contributed by atoms with Gasteiger partial charge in [0, 0.05) is 18.3 Å². The summed E-state index contributed by atoms with van der Waals surface area (Å²) < 4.78 is 0. The van der Waals surface area contributed by atoms with E-state index in [1.165, 1.54) is 0 Å². The van der Waals surface area contributed by atoms with Gasteiger partial charge < -0.3 is 16.2 Å². The summed E-state index contributed by atoms with van der Waals surface area (Å²) in [6.45, 7) is 3.75. The fourth-order valence-electron chi connectivity index (χ4n) is 1.93. The second-order valence-corrected chi connectivity index (χ2v) is 6.24. The predicted octanol–water partition coefficient (Wildman–Crippen LogP) is 1.55. The molecule has 1 aromatic rings. The summed E-state index contributed by atoms with van der Waals surface area (Å²) in [6, 6.07) is 9.21. The molecule has 1 amide bonds. The Hall–Kier alpha value is -1.04. The van der Waals surface area contributed by atoms with Gasteiger partial charge in [0.25, 0.3) is 0 Å². The highest BCUT2D eigenvalue weighted by Crippen LogP contribution is 2.19. The van der Waals surface area contributed by atoms with Gasteiger partial charge in [-0.05, 0) is 18.7 Å². The molecule has 0 saturated carbocycles. The first-order valence-corrected chi connectivity index (χ1v) is 8.06. The molecule has 5 heteroatoms. The number of thioether (sulfide) groups is 1. The van der Waals surface area contributed by atoms with Crippen LogP contribution in [0.4, 0.5) is 0 Å². The lowest BCUT2D eigenvalue weighted by Gasteiger charge is -2.25. The average Bonchev–Trinajstić information content (AvgIpc) is 2.44. The number of carbonyl (C=O) groups excluding carboxylic acids is 1. The molecular weight excluding hydrogens is 272 g/mol. The zero-order chi connectivity index (χ0) is 15.2. The van der Waals surface area contributed by atoms with Gasteiger partial charge in [0.1, 0.15) is 0 Å². The maximum absolute atomic E-state index is 12.1. The fraction of sp³-hybridized carbons (Fsp3) is 0.533. The third-order valence-corrected chi connectivity index (χ3v) is 4.15. The Kier molecular flexibility index (Phi) is 6.52. The number of aliphatic hydroxyl groups is 1. The summed E-state index contributed by atoms with van der Waals surface area (Å²) in [6.07, 6.45) is 1.92. The average molecular weight is 296 g/mol. The van der Waals surface area contributed by atoms with Crippen LogP contribution in [0.2, 0.25) is 0 Å². The number of rotatable bonds is 7. The van der Waals surface area contributed by atoms with E-state index in [1.807, 2.05) is 36.6 Å². The van der Waals surface area contributed by atoms with Crippen LogP contribution in [0.5, 0.6) is 0 Å². The molecule has 0 aliphatic heterocycles. The zero-order valence-electron chi connectivity index (χ0n) is 12.3. The number of hydrogen-bond acceptors (Lipinski definition) is 4. The van der Waals surface area contributed by atoms with E-state index in [2.05, 4.69) is 5.32 Å². The van der Waals surface area contributed by atoms with E-state index in [0.29, 0.717) is 5.75 Å². The minimum absolute atomic E-state index is 0.136. The Bertz CT molecular complexity index is 423. The lowest BCUT2D eigenvalue weighted by molar-refractivity contribution is -0.126. The number of hydrogen-bond donors (Lipinski definition) is 3. The van der Waals surface area contributed by atoms with Gasteiger partial charge in [-0.1, -0.05) is 37.3 Å². The lowest BCUT2D eigenvalue weighted by atomic mass is 9.94. The Morgan fingerprint density at radius 3 is 2.60 bits per heavy atom. The van der Waals surface area contributed by atoms with Gasteiger partial charge in [0.2, 0.25) is 5.91 Å². The molecule has 0 heterocycles. The van der Waals surface area contributed by atoms with E-state index in [-0.39, 0.29) is 24.4 Å². The third-order valence-electron chi connectivity index (χ3n) is 3.24. The highest BCUT2D eigenvalue weighted by Gasteiger charge is 2.25. The second-order valence-electron chi connectivity index (χ2n) is 5.37. The van der Waals surface area contributed by atoms with Crippen molar-refractivity contribution in [1.29, 1.82) is 0 Å². The molecule has 4 nitrogen and oxygen atoms in total. The van der Waals surface area contributed by atoms with Gasteiger partial charge in [0.15, 0.2) is 0 Å². The molecule has 0 aromatic heterocycles. The Morgan fingerprint density at radius 2 is 2.05 bits per heavy atom. The molecule has 3 atom stereocenters. The van der Waals surface area contributed by atoms with E-state index in [9.17, 15) is 9.90 Å². The highest BCUT2D eigenvalue weighted by molar-refractivity contribution is 7.98.